The van der Waals surface area contributed by atoms with Gasteiger partial charge in [0.1, 0.15) is 0 Å². The summed E-state index contributed by atoms with van der Waals surface area (Å²) in [6.07, 6.45) is 0. The Morgan fingerprint density at radius 1 is 1.50 bits per heavy atom. The number of hydrogen-bond acceptors (Lipinski definition) is 3. The lowest BCUT2D eigenvalue weighted by Crippen LogP contribution is -2.30. The van der Waals surface area contributed by atoms with Crippen LogP contribution in [0.4, 0.5) is 0 Å². The lowest BCUT2D eigenvalue weighted by atomic mass is 10.4. The van der Waals surface area contributed by atoms with Crippen molar-refractivity contribution in [2.75, 3.05) is 27.2 Å². The van der Waals surface area contributed by atoms with Crippen LogP contribution in [-0.4, -0.2) is 38.0 Å². The summed E-state index contributed by atoms with van der Waals surface area (Å²) in [4.78, 5) is 15.5. The molecule has 1 aromatic heterocycles. The molecule has 0 aliphatic heterocycles. The Kier molecular flexibility index (Phi) is 4.10. The zero-order chi connectivity index (χ0) is 10.6. The first-order valence-corrected chi connectivity index (χ1v) is 5.40. The van der Waals surface area contributed by atoms with Gasteiger partial charge >= 0.3 is 0 Å². The summed E-state index contributed by atoms with van der Waals surface area (Å²) in [6, 6.07) is 3.83. The Labute approximate surface area is 88.7 Å². The number of amides is 1. The molecule has 0 spiro atoms. The minimum Gasteiger partial charge on any atom is -0.350 e. The summed E-state index contributed by atoms with van der Waals surface area (Å²) in [6.45, 7) is 3.57. The van der Waals surface area contributed by atoms with Crippen LogP contribution in [0, 0.1) is 6.92 Å². The number of hydrogen-bond donors (Lipinski definition) is 1. The number of likely N-dealkylation sites (N-methyl/N-ethyl adjacent to an activating group) is 1. The van der Waals surface area contributed by atoms with Crippen LogP contribution in [-0.2, 0) is 0 Å². The fourth-order valence-corrected chi connectivity index (χ4v) is 1.82. The van der Waals surface area contributed by atoms with Gasteiger partial charge in [-0.15, -0.1) is 11.3 Å². The highest BCUT2D eigenvalue weighted by Crippen LogP contribution is 2.14. The highest BCUT2D eigenvalue weighted by molar-refractivity contribution is 7.13. The van der Waals surface area contributed by atoms with Crippen LogP contribution in [0.15, 0.2) is 12.1 Å². The molecule has 3 nitrogen and oxygen atoms in total. The van der Waals surface area contributed by atoms with Crippen LogP contribution < -0.4 is 5.32 Å². The summed E-state index contributed by atoms with van der Waals surface area (Å²) in [5, 5.41) is 2.87. The second-order valence-electron chi connectivity index (χ2n) is 3.47. The van der Waals surface area contributed by atoms with Gasteiger partial charge in [0.05, 0.1) is 4.88 Å². The number of aryl methyl sites for hydroxylation is 1. The molecule has 0 aliphatic rings. The van der Waals surface area contributed by atoms with Crippen molar-refractivity contribution in [1.29, 1.82) is 0 Å². The Morgan fingerprint density at radius 2 is 2.21 bits per heavy atom. The Bertz CT molecular complexity index is 307. The minimum atomic E-state index is 0.0324. The van der Waals surface area contributed by atoms with E-state index in [2.05, 4.69) is 5.32 Å². The lowest BCUT2D eigenvalue weighted by Gasteiger charge is -2.09. The molecule has 0 aliphatic carbocycles. The molecular weight excluding hydrogens is 196 g/mol. The van der Waals surface area contributed by atoms with Crippen molar-refractivity contribution in [2.45, 2.75) is 6.92 Å². The predicted octanol–water partition coefficient (Wildman–Crippen LogP) is 1.35. The lowest BCUT2D eigenvalue weighted by molar-refractivity contribution is 0.0955. The van der Waals surface area contributed by atoms with E-state index in [1.54, 1.807) is 0 Å². The maximum absolute atomic E-state index is 11.5. The van der Waals surface area contributed by atoms with Gasteiger partial charge in [0.2, 0.25) is 0 Å². The van der Waals surface area contributed by atoms with Crippen LogP contribution in [0.2, 0.25) is 0 Å². The van der Waals surface area contributed by atoms with E-state index in [0.717, 1.165) is 11.4 Å². The maximum atomic E-state index is 11.5. The van der Waals surface area contributed by atoms with Gasteiger partial charge in [-0.05, 0) is 33.2 Å². The summed E-state index contributed by atoms with van der Waals surface area (Å²) in [5.74, 6) is 0.0324. The molecule has 0 aromatic carbocycles. The van der Waals surface area contributed by atoms with Crippen LogP contribution in [0.25, 0.3) is 0 Å². The molecular formula is C10H16N2OS. The third-order valence-electron chi connectivity index (χ3n) is 1.81. The molecule has 0 saturated carbocycles. The van der Waals surface area contributed by atoms with Crippen LogP contribution >= 0.6 is 11.3 Å². The largest absolute Gasteiger partial charge is 0.350 e. The third kappa shape index (κ3) is 3.47. The van der Waals surface area contributed by atoms with E-state index < -0.39 is 0 Å². The van der Waals surface area contributed by atoms with Crippen molar-refractivity contribution < 1.29 is 4.79 Å². The van der Waals surface area contributed by atoms with E-state index in [1.807, 2.05) is 38.1 Å². The van der Waals surface area contributed by atoms with E-state index in [0.29, 0.717) is 6.54 Å². The molecule has 1 rings (SSSR count). The summed E-state index contributed by atoms with van der Waals surface area (Å²) >= 11 is 1.53. The average Bonchev–Trinajstić information content (AvgIpc) is 2.51. The Morgan fingerprint density at radius 3 is 2.71 bits per heavy atom. The number of rotatable bonds is 4. The van der Waals surface area contributed by atoms with Gasteiger partial charge in [-0.1, -0.05) is 0 Å². The smallest absolute Gasteiger partial charge is 0.261 e. The van der Waals surface area contributed by atoms with Crippen molar-refractivity contribution in [1.82, 2.24) is 10.2 Å². The van der Waals surface area contributed by atoms with Crippen molar-refractivity contribution in [2.24, 2.45) is 0 Å². The van der Waals surface area contributed by atoms with Gasteiger partial charge in [-0.2, -0.15) is 0 Å². The standard InChI is InChI=1S/C10H16N2OS/c1-8-4-5-9(14-8)10(13)11-6-7-12(2)3/h4-5H,6-7H2,1-3H3,(H,11,13). The van der Waals surface area contributed by atoms with Crippen molar-refractivity contribution in [3.8, 4) is 0 Å². The summed E-state index contributed by atoms with van der Waals surface area (Å²) in [7, 11) is 3.98. The quantitative estimate of drug-likeness (QED) is 0.817. The first-order chi connectivity index (χ1) is 6.59. The number of nitrogens with zero attached hydrogens (tertiary/aromatic N) is 1. The first kappa shape index (κ1) is 11.2. The predicted molar refractivity (Wildman–Crippen MR) is 59.9 cm³/mol. The van der Waals surface area contributed by atoms with Gasteiger partial charge in [0.15, 0.2) is 0 Å². The van der Waals surface area contributed by atoms with Crippen LogP contribution in [0.3, 0.4) is 0 Å². The summed E-state index contributed by atoms with van der Waals surface area (Å²) < 4.78 is 0. The fraction of sp³-hybridized carbons (Fsp3) is 0.500. The van der Waals surface area contributed by atoms with E-state index in [4.69, 9.17) is 0 Å². The second-order valence-corrected chi connectivity index (χ2v) is 4.76. The van der Waals surface area contributed by atoms with Gasteiger partial charge in [-0.3, -0.25) is 4.79 Å². The normalized spacial score (nSPS) is 10.6. The molecule has 0 bridgehead atoms. The van der Waals surface area contributed by atoms with Crippen LogP contribution in [0.5, 0.6) is 0 Å². The maximum Gasteiger partial charge on any atom is 0.261 e. The Hall–Kier alpha value is -0.870. The first-order valence-electron chi connectivity index (χ1n) is 4.59. The zero-order valence-electron chi connectivity index (χ0n) is 8.83. The van der Waals surface area contributed by atoms with Crippen molar-refractivity contribution in [3.63, 3.8) is 0 Å². The molecule has 0 radical (unpaired) electrons. The zero-order valence-corrected chi connectivity index (χ0v) is 9.65. The molecule has 1 aromatic rings. The van der Waals surface area contributed by atoms with Gasteiger partial charge < -0.3 is 10.2 Å². The number of nitrogens with one attached hydrogen (secondary N) is 1. The van der Waals surface area contributed by atoms with Gasteiger partial charge in [0.25, 0.3) is 5.91 Å². The SMILES string of the molecule is Cc1ccc(C(=O)NCCN(C)C)s1. The average molecular weight is 212 g/mol. The second kappa shape index (κ2) is 5.12. The fourth-order valence-electron chi connectivity index (χ4n) is 1.04. The van der Waals surface area contributed by atoms with Gasteiger partial charge in [-0.25, -0.2) is 0 Å². The Balaban J connectivity index is 2.36. The summed E-state index contributed by atoms with van der Waals surface area (Å²) in [5.41, 5.74) is 0. The van der Waals surface area contributed by atoms with E-state index in [-0.39, 0.29) is 5.91 Å². The molecule has 0 atom stereocenters. The molecule has 0 fully saturated rings. The number of thiophene rings is 1. The van der Waals surface area contributed by atoms with Crippen molar-refractivity contribution >= 4 is 17.2 Å². The van der Waals surface area contributed by atoms with Crippen molar-refractivity contribution in [3.05, 3.63) is 21.9 Å². The molecule has 1 heterocycles. The molecule has 0 saturated heterocycles. The molecule has 0 unspecified atom stereocenters. The highest BCUT2D eigenvalue weighted by atomic mass is 32.1. The highest BCUT2D eigenvalue weighted by Gasteiger charge is 2.06. The molecule has 1 N–H and O–H groups in total. The van der Waals surface area contributed by atoms with Crippen LogP contribution in [0.1, 0.15) is 14.5 Å². The number of carbonyl (C=O) groups is 1. The van der Waals surface area contributed by atoms with E-state index in [9.17, 15) is 4.79 Å². The molecule has 78 valence electrons. The minimum absolute atomic E-state index is 0.0324. The molecule has 4 heteroatoms. The van der Waals surface area contributed by atoms with E-state index in [1.165, 1.54) is 16.2 Å². The number of carbonyl (C=O) groups excluding carboxylic acids is 1. The van der Waals surface area contributed by atoms with E-state index >= 15 is 0 Å². The molecule has 1 amide bonds. The monoisotopic (exact) mass is 212 g/mol. The molecule has 14 heavy (non-hydrogen) atoms. The van der Waals surface area contributed by atoms with Gasteiger partial charge in [0, 0.05) is 18.0 Å². The third-order valence-corrected chi connectivity index (χ3v) is 2.81. The topological polar surface area (TPSA) is 32.3 Å².